The number of hydrogen-bond donors (Lipinski definition) is 2. The first-order chi connectivity index (χ1) is 13.4. The zero-order chi connectivity index (χ0) is 19.7. The van der Waals surface area contributed by atoms with Gasteiger partial charge in [-0.15, -0.1) is 0 Å². The lowest BCUT2D eigenvalue weighted by atomic mass is 10.2. The van der Waals surface area contributed by atoms with Gasteiger partial charge in [-0.1, -0.05) is 35.9 Å². The third-order valence-electron chi connectivity index (χ3n) is 4.20. The van der Waals surface area contributed by atoms with Gasteiger partial charge in [0, 0.05) is 5.69 Å². The first-order valence-electron chi connectivity index (χ1n) is 8.39. The molecule has 0 radical (unpaired) electrons. The summed E-state index contributed by atoms with van der Waals surface area (Å²) < 4.78 is 34.1. The minimum absolute atomic E-state index is 0.0651. The van der Waals surface area contributed by atoms with Crippen LogP contribution in [0.1, 0.15) is 5.56 Å². The van der Waals surface area contributed by atoms with Gasteiger partial charge in [0.05, 0.1) is 22.0 Å². The van der Waals surface area contributed by atoms with Crippen molar-refractivity contribution < 1.29 is 17.9 Å². The molecule has 0 fully saturated rings. The molecule has 3 aromatic carbocycles. The summed E-state index contributed by atoms with van der Waals surface area (Å²) in [5.41, 5.74) is 1.55. The smallest absolute Gasteiger partial charge is 0.262 e. The van der Waals surface area contributed by atoms with Gasteiger partial charge >= 0.3 is 0 Å². The minimum Gasteiger partial charge on any atom is -0.454 e. The monoisotopic (exact) mass is 414 g/mol. The molecule has 142 valence electrons. The fraction of sp³-hybridized carbons (Fsp3) is 0.0500. The van der Waals surface area contributed by atoms with Gasteiger partial charge in [-0.3, -0.25) is 9.52 Å². The maximum absolute atomic E-state index is 12.9. The Morgan fingerprint density at radius 2 is 1.68 bits per heavy atom. The summed E-state index contributed by atoms with van der Waals surface area (Å²) >= 11 is 6.12. The van der Waals surface area contributed by atoms with Crippen molar-refractivity contribution in [1.29, 1.82) is 0 Å². The van der Waals surface area contributed by atoms with Crippen LogP contribution in [-0.2, 0) is 21.2 Å². The largest absolute Gasteiger partial charge is 0.454 e. The molecule has 0 aromatic heterocycles. The Morgan fingerprint density at radius 3 is 2.46 bits per heavy atom. The molecule has 6 nitrogen and oxygen atoms in total. The number of carbonyl (C=O) groups is 1. The summed E-state index contributed by atoms with van der Waals surface area (Å²) in [5.74, 6) is 0.575. The normalized spacial score (nSPS) is 13.0. The number of fused-ring (bicyclic) bond motifs is 1. The van der Waals surface area contributed by atoms with Crippen molar-refractivity contribution in [1.82, 2.24) is 0 Å². The molecule has 1 amide bonds. The van der Waals surface area contributed by atoms with E-state index in [4.69, 9.17) is 16.3 Å². The van der Waals surface area contributed by atoms with Gasteiger partial charge in [-0.05, 0) is 48.0 Å². The lowest BCUT2D eigenvalue weighted by molar-refractivity contribution is -0.115. The lowest BCUT2D eigenvalue weighted by Crippen LogP contribution is -2.13. The standard InChI is InChI=1S/C20H15ClN2O4S/c21-15-5-1-3-7-18(15)27-19-8-4-2-6-17(19)23-28(25,26)14-9-10-16-13(11-14)12-20(24)22-16/h1-11,23H,12H2,(H,22,24). The summed E-state index contributed by atoms with van der Waals surface area (Å²) in [5, 5.41) is 3.09. The molecule has 0 atom stereocenters. The number of hydrogen-bond acceptors (Lipinski definition) is 4. The van der Waals surface area contributed by atoms with Gasteiger partial charge in [-0.2, -0.15) is 0 Å². The van der Waals surface area contributed by atoms with Crippen LogP contribution in [-0.4, -0.2) is 14.3 Å². The number of anilines is 2. The van der Waals surface area contributed by atoms with E-state index in [9.17, 15) is 13.2 Å². The second-order valence-corrected chi connectivity index (χ2v) is 8.27. The zero-order valence-corrected chi connectivity index (χ0v) is 16.0. The molecule has 1 aliphatic rings. The van der Waals surface area contributed by atoms with E-state index in [1.807, 2.05) is 0 Å². The number of rotatable bonds is 5. The number of halogens is 1. The van der Waals surface area contributed by atoms with Gasteiger partial charge in [0.25, 0.3) is 10.0 Å². The van der Waals surface area contributed by atoms with Crippen LogP contribution in [0, 0.1) is 0 Å². The Morgan fingerprint density at radius 1 is 0.964 bits per heavy atom. The van der Waals surface area contributed by atoms with Gasteiger partial charge < -0.3 is 10.1 Å². The molecule has 2 N–H and O–H groups in total. The molecule has 0 saturated heterocycles. The molecule has 0 unspecified atom stereocenters. The van der Waals surface area contributed by atoms with Gasteiger partial charge in [0.2, 0.25) is 5.91 Å². The van der Waals surface area contributed by atoms with Crippen LogP contribution in [0.15, 0.2) is 71.6 Å². The van der Waals surface area contributed by atoms with E-state index in [-0.39, 0.29) is 22.9 Å². The molecule has 28 heavy (non-hydrogen) atoms. The first-order valence-corrected chi connectivity index (χ1v) is 10.3. The van der Waals surface area contributed by atoms with E-state index >= 15 is 0 Å². The molecule has 0 bridgehead atoms. The fourth-order valence-corrected chi connectivity index (χ4v) is 4.16. The van der Waals surface area contributed by atoms with Crippen LogP contribution in [0.5, 0.6) is 11.5 Å². The van der Waals surface area contributed by atoms with Gasteiger partial charge in [-0.25, -0.2) is 8.42 Å². The molecule has 1 aliphatic heterocycles. The lowest BCUT2D eigenvalue weighted by Gasteiger charge is -2.14. The van der Waals surface area contributed by atoms with Gasteiger partial charge in [0.1, 0.15) is 5.75 Å². The molecule has 4 rings (SSSR count). The Balaban J connectivity index is 1.63. The van der Waals surface area contributed by atoms with Crippen LogP contribution in [0.4, 0.5) is 11.4 Å². The highest BCUT2D eigenvalue weighted by Crippen LogP contribution is 2.35. The van der Waals surface area contributed by atoms with Crippen molar-refractivity contribution in [2.75, 3.05) is 10.0 Å². The van der Waals surface area contributed by atoms with Crippen molar-refractivity contribution in [2.45, 2.75) is 11.3 Å². The van der Waals surface area contributed by atoms with E-state index < -0.39 is 10.0 Å². The third kappa shape index (κ3) is 3.67. The molecule has 8 heteroatoms. The highest BCUT2D eigenvalue weighted by Gasteiger charge is 2.22. The highest BCUT2D eigenvalue weighted by molar-refractivity contribution is 7.92. The van der Waals surface area contributed by atoms with Crippen LogP contribution >= 0.6 is 11.6 Å². The Bertz CT molecular complexity index is 1180. The topological polar surface area (TPSA) is 84.5 Å². The molecule has 0 spiro atoms. The van der Waals surface area contributed by atoms with E-state index in [2.05, 4.69) is 10.0 Å². The maximum atomic E-state index is 12.9. The highest BCUT2D eigenvalue weighted by atomic mass is 35.5. The molecule has 0 aliphatic carbocycles. The number of nitrogens with one attached hydrogen (secondary N) is 2. The van der Waals surface area contributed by atoms with Crippen LogP contribution in [0.3, 0.4) is 0 Å². The van der Waals surface area contributed by atoms with Crippen molar-refractivity contribution >= 4 is 38.9 Å². The number of benzene rings is 3. The van der Waals surface area contributed by atoms with Crippen LogP contribution < -0.4 is 14.8 Å². The van der Waals surface area contributed by atoms with E-state index in [1.54, 1.807) is 54.6 Å². The van der Waals surface area contributed by atoms with E-state index in [0.29, 0.717) is 27.8 Å². The summed E-state index contributed by atoms with van der Waals surface area (Å²) in [6, 6.07) is 18.1. The van der Waals surface area contributed by atoms with E-state index in [1.165, 1.54) is 12.1 Å². The number of ether oxygens (including phenoxy) is 1. The van der Waals surface area contributed by atoms with Crippen LogP contribution in [0.2, 0.25) is 5.02 Å². The predicted molar refractivity (Wildman–Crippen MR) is 108 cm³/mol. The maximum Gasteiger partial charge on any atom is 0.262 e. The Hall–Kier alpha value is -3.03. The summed E-state index contributed by atoms with van der Waals surface area (Å²) in [7, 11) is -3.88. The number of sulfonamides is 1. The number of amides is 1. The summed E-state index contributed by atoms with van der Waals surface area (Å²) in [6.45, 7) is 0. The molecule has 1 heterocycles. The summed E-state index contributed by atoms with van der Waals surface area (Å²) in [4.78, 5) is 11.6. The summed E-state index contributed by atoms with van der Waals surface area (Å²) in [6.07, 6.45) is 0.158. The average molecular weight is 415 g/mol. The SMILES string of the molecule is O=C1Cc2cc(S(=O)(=O)Nc3ccccc3Oc3ccccc3Cl)ccc2N1. The average Bonchev–Trinajstić information content (AvgIpc) is 3.04. The predicted octanol–water partition coefficient (Wildman–Crippen LogP) is 4.43. The van der Waals surface area contributed by atoms with Crippen molar-refractivity contribution in [3.63, 3.8) is 0 Å². The second-order valence-electron chi connectivity index (χ2n) is 6.18. The Labute approximate surface area is 167 Å². The minimum atomic E-state index is -3.88. The molecular formula is C20H15ClN2O4S. The Kier molecular flexibility index (Phi) is 4.70. The molecular weight excluding hydrogens is 400 g/mol. The number of carbonyl (C=O) groups excluding carboxylic acids is 1. The first kappa shape index (κ1) is 18.3. The third-order valence-corrected chi connectivity index (χ3v) is 5.88. The zero-order valence-electron chi connectivity index (χ0n) is 14.5. The second kappa shape index (κ2) is 7.18. The molecule has 0 saturated carbocycles. The van der Waals surface area contributed by atoms with Crippen molar-refractivity contribution in [3.05, 3.63) is 77.3 Å². The fourth-order valence-electron chi connectivity index (χ4n) is 2.86. The quantitative estimate of drug-likeness (QED) is 0.646. The number of para-hydroxylation sites is 3. The molecule has 3 aromatic rings. The van der Waals surface area contributed by atoms with Gasteiger partial charge in [0.15, 0.2) is 5.75 Å². The van der Waals surface area contributed by atoms with E-state index in [0.717, 1.165) is 0 Å². The van der Waals surface area contributed by atoms with Crippen molar-refractivity contribution in [2.24, 2.45) is 0 Å². The van der Waals surface area contributed by atoms with Crippen LogP contribution in [0.25, 0.3) is 0 Å². The van der Waals surface area contributed by atoms with Crippen molar-refractivity contribution in [3.8, 4) is 11.5 Å².